The van der Waals surface area contributed by atoms with Crippen LogP contribution in [0.2, 0.25) is 0 Å². The molecule has 0 bridgehead atoms. The number of carbonyl (C=O) groups excluding carboxylic acids is 1. The molecule has 2 heteroatoms. The lowest BCUT2D eigenvalue weighted by atomic mass is 10.0. The molecule has 0 aliphatic carbocycles. The predicted molar refractivity (Wildman–Crippen MR) is 133 cm³/mol. The van der Waals surface area contributed by atoms with Crippen LogP contribution in [-0.2, 0) is 9.53 Å². The summed E-state index contributed by atoms with van der Waals surface area (Å²) >= 11 is 0. The van der Waals surface area contributed by atoms with Gasteiger partial charge in [0.2, 0.25) is 0 Å². The molecule has 0 aromatic heterocycles. The number of methoxy groups -OCH3 is 1. The number of ketones is 1. The molecule has 2 nitrogen and oxygen atoms in total. The van der Waals surface area contributed by atoms with E-state index in [2.05, 4.69) is 6.58 Å². The first-order chi connectivity index (χ1) is 14.7. The SMILES string of the molecule is C=C(C)C(=O)CCCCCCCCCCCCCCCCCCCCCCCOC. The number of hydrogen-bond donors (Lipinski definition) is 0. The van der Waals surface area contributed by atoms with Crippen molar-refractivity contribution < 1.29 is 9.53 Å². The van der Waals surface area contributed by atoms with E-state index in [1.165, 1.54) is 128 Å². The van der Waals surface area contributed by atoms with Crippen LogP contribution in [0, 0.1) is 0 Å². The van der Waals surface area contributed by atoms with Crippen molar-refractivity contribution in [2.45, 2.75) is 148 Å². The second kappa shape index (κ2) is 24.6. The van der Waals surface area contributed by atoms with Crippen molar-refractivity contribution in [2.75, 3.05) is 13.7 Å². The summed E-state index contributed by atoms with van der Waals surface area (Å²) in [5.41, 5.74) is 0.714. The molecule has 0 aromatic carbocycles. The van der Waals surface area contributed by atoms with E-state index in [1.807, 2.05) is 6.92 Å². The average molecular weight is 423 g/mol. The van der Waals surface area contributed by atoms with Crippen molar-refractivity contribution in [1.29, 1.82) is 0 Å². The van der Waals surface area contributed by atoms with Gasteiger partial charge in [0.05, 0.1) is 0 Å². The lowest BCUT2D eigenvalue weighted by molar-refractivity contribution is -0.115. The fourth-order valence-corrected chi connectivity index (χ4v) is 4.10. The van der Waals surface area contributed by atoms with Crippen LogP contribution >= 0.6 is 0 Å². The van der Waals surface area contributed by atoms with Crippen molar-refractivity contribution in [2.24, 2.45) is 0 Å². The van der Waals surface area contributed by atoms with Crippen LogP contribution in [0.4, 0.5) is 0 Å². The van der Waals surface area contributed by atoms with Crippen LogP contribution in [0.5, 0.6) is 0 Å². The zero-order valence-electron chi connectivity index (χ0n) is 20.8. The van der Waals surface area contributed by atoms with Crippen LogP contribution in [0.25, 0.3) is 0 Å². The summed E-state index contributed by atoms with van der Waals surface area (Å²) in [6.07, 6.45) is 29.6. The molecule has 30 heavy (non-hydrogen) atoms. The Labute approximate surface area is 189 Å². The Hall–Kier alpha value is -0.630. The maximum absolute atomic E-state index is 11.5. The Morgan fingerprint density at radius 1 is 0.533 bits per heavy atom. The molecular weight excluding hydrogens is 368 g/mol. The van der Waals surface area contributed by atoms with E-state index in [9.17, 15) is 4.79 Å². The summed E-state index contributed by atoms with van der Waals surface area (Å²) in [7, 11) is 1.80. The molecule has 0 aliphatic heterocycles. The number of Topliss-reactive ketones (excluding diaryl/α,β-unsaturated/α-hetero) is 1. The minimum Gasteiger partial charge on any atom is -0.385 e. The standard InChI is InChI=1S/C28H54O2/c1-27(2)28(29)25-23-21-19-17-15-13-11-9-7-5-4-6-8-10-12-14-16-18-20-22-24-26-30-3/h1,4-26H2,2-3H3. The van der Waals surface area contributed by atoms with E-state index in [0.717, 1.165) is 13.0 Å². The topological polar surface area (TPSA) is 26.3 Å². The van der Waals surface area contributed by atoms with E-state index < -0.39 is 0 Å². The highest BCUT2D eigenvalue weighted by atomic mass is 16.5. The second-order valence-electron chi connectivity index (χ2n) is 9.37. The third-order valence-electron chi connectivity index (χ3n) is 6.23. The van der Waals surface area contributed by atoms with Crippen LogP contribution in [0.1, 0.15) is 148 Å². The molecule has 0 fully saturated rings. The molecule has 0 saturated carbocycles. The number of carbonyl (C=O) groups is 1. The van der Waals surface area contributed by atoms with E-state index in [4.69, 9.17) is 4.74 Å². The molecule has 0 amide bonds. The van der Waals surface area contributed by atoms with Gasteiger partial charge in [-0.1, -0.05) is 129 Å². The Balaban J connectivity index is 3.05. The van der Waals surface area contributed by atoms with Crippen LogP contribution in [0.15, 0.2) is 12.2 Å². The van der Waals surface area contributed by atoms with Gasteiger partial charge >= 0.3 is 0 Å². The van der Waals surface area contributed by atoms with Crippen molar-refractivity contribution in [3.05, 3.63) is 12.2 Å². The molecule has 0 radical (unpaired) electrons. The van der Waals surface area contributed by atoms with E-state index in [0.29, 0.717) is 12.0 Å². The molecule has 0 atom stereocenters. The summed E-state index contributed by atoms with van der Waals surface area (Å²) in [4.78, 5) is 11.5. The average Bonchev–Trinajstić information content (AvgIpc) is 2.74. The maximum atomic E-state index is 11.5. The van der Waals surface area contributed by atoms with Crippen LogP contribution in [-0.4, -0.2) is 19.5 Å². The molecule has 0 rings (SSSR count). The number of ether oxygens (including phenoxy) is 1. The van der Waals surface area contributed by atoms with Crippen molar-refractivity contribution in [1.82, 2.24) is 0 Å². The van der Waals surface area contributed by atoms with E-state index >= 15 is 0 Å². The highest BCUT2D eigenvalue weighted by Gasteiger charge is 2.01. The molecule has 178 valence electrons. The van der Waals surface area contributed by atoms with Gasteiger partial charge in [-0.25, -0.2) is 0 Å². The molecule has 0 saturated heterocycles. The Kier molecular flexibility index (Phi) is 24.1. The molecular formula is C28H54O2. The minimum absolute atomic E-state index is 0.245. The highest BCUT2D eigenvalue weighted by Crippen LogP contribution is 2.15. The van der Waals surface area contributed by atoms with Crippen molar-refractivity contribution in [3.63, 3.8) is 0 Å². The number of rotatable bonds is 25. The van der Waals surface area contributed by atoms with Crippen LogP contribution < -0.4 is 0 Å². The summed E-state index contributed by atoms with van der Waals surface area (Å²) in [6.45, 7) is 6.46. The Bertz CT molecular complexity index is 375. The molecule has 0 heterocycles. The maximum Gasteiger partial charge on any atom is 0.157 e. The third kappa shape index (κ3) is 23.6. The smallest absolute Gasteiger partial charge is 0.157 e. The first-order valence-electron chi connectivity index (χ1n) is 13.4. The first-order valence-corrected chi connectivity index (χ1v) is 13.4. The third-order valence-corrected chi connectivity index (χ3v) is 6.23. The summed E-state index contributed by atoms with van der Waals surface area (Å²) in [5.74, 6) is 0.245. The molecule has 0 N–H and O–H groups in total. The Morgan fingerprint density at radius 2 is 0.800 bits per heavy atom. The summed E-state index contributed by atoms with van der Waals surface area (Å²) < 4.78 is 5.09. The molecule has 0 unspecified atom stereocenters. The highest BCUT2D eigenvalue weighted by molar-refractivity contribution is 5.93. The Morgan fingerprint density at radius 3 is 1.07 bits per heavy atom. The number of allylic oxidation sites excluding steroid dienone is 1. The monoisotopic (exact) mass is 422 g/mol. The number of hydrogen-bond acceptors (Lipinski definition) is 2. The molecule has 0 aromatic rings. The normalized spacial score (nSPS) is 11.1. The van der Waals surface area contributed by atoms with Crippen molar-refractivity contribution in [3.8, 4) is 0 Å². The predicted octanol–water partition coefficient (Wildman–Crippen LogP) is 9.36. The van der Waals surface area contributed by atoms with Gasteiger partial charge in [0.15, 0.2) is 5.78 Å². The van der Waals surface area contributed by atoms with Crippen molar-refractivity contribution >= 4 is 5.78 Å². The zero-order valence-corrected chi connectivity index (χ0v) is 20.8. The summed E-state index contributed by atoms with van der Waals surface area (Å²) in [5, 5.41) is 0. The molecule has 0 spiro atoms. The zero-order chi connectivity index (χ0) is 22.1. The van der Waals surface area contributed by atoms with Gasteiger partial charge in [-0.15, -0.1) is 0 Å². The van der Waals surface area contributed by atoms with Crippen LogP contribution in [0.3, 0.4) is 0 Å². The quantitative estimate of drug-likeness (QED) is 0.108. The van der Waals surface area contributed by atoms with Gasteiger partial charge in [0, 0.05) is 20.1 Å². The second-order valence-corrected chi connectivity index (χ2v) is 9.37. The van der Waals surface area contributed by atoms with E-state index in [-0.39, 0.29) is 5.78 Å². The summed E-state index contributed by atoms with van der Waals surface area (Å²) in [6, 6.07) is 0. The van der Waals surface area contributed by atoms with E-state index in [1.54, 1.807) is 7.11 Å². The fourth-order valence-electron chi connectivity index (χ4n) is 4.10. The van der Waals surface area contributed by atoms with Gasteiger partial charge in [-0.2, -0.15) is 0 Å². The first kappa shape index (κ1) is 29.4. The molecule has 0 aliphatic rings. The van der Waals surface area contributed by atoms with Gasteiger partial charge in [0.25, 0.3) is 0 Å². The van der Waals surface area contributed by atoms with Gasteiger partial charge in [-0.3, -0.25) is 4.79 Å². The van der Waals surface area contributed by atoms with Gasteiger partial charge in [0.1, 0.15) is 0 Å². The van der Waals surface area contributed by atoms with Gasteiger partial charge in [-0.05, 0) is 25.3 Å². The lowest BCUT2D eigenvalue weighted by Gasteiger charge is -2.04. The number of unbranched alkanes of at least 4 members (excludes halogenated alkanes) is 20. The lowest BCUT2D eigenvalue weighted by Crippen LogP contribution is -1.97. The fraction of sp³-hybridized carbons (Fsp3) is 0.893. The van der Waals surface area contributed by atoms with Gasteiger partial charge < -0.3 is 4.74 Å². The largest absolute Gasteiger partial charge is 0.385 e. The minimum atomic E-state index is 0.245.